The average Bonchev–Trinajstić information content (AvgIpc) is 3.29. The fourth-order valence-electron chi connectivity index (χ4n) is 3.42. The average molecular weight is 539 g/mol. The molecule has 1 heterocycles. The second-order valence-corrected chi connectivity index (χ2v) is 7.42. The molecule has 1 atom stereocenters. The largest absolute Gasteiger partial charge is 0.496 e. The van der Waals surface area contributed by atoms with E-state index < -0.39 is 0 Å². The molecule has 1 unspecified atom stereocenters. The lowest BCUT2D eigenvalue weighted by Crippen LogP contribution is -2.37. The predicted octanol–water partition coefficient (Wildman–Crippen LogP) is 4.43. The van der Waals surface area contributed by atoms with Crippen LogP contribution < -0.4 is 20.1 Å². The van der Waals surface area contributed by atoms with Gasteiger partial charge in [0.2, 0.25) is 0 Å². The Labute approximate surface area is 202 Å². The van der Waals surface area contributed by atoms with Crippen molar-refractivity contribution in [2.75, 3.05) is 26.9 Å². The molecule has 0 bridgehead atoms. The number of halogens is 1. The summed E-state index contributed by atoms with van der Waals surface area (Å²) in [6.45, 7) is 7.52. The van der Waals surface area contributed by atoms with Crippen molar-refractivity contribution in [3.8, 4) is 11.5 Å². The highest BCUT2D eigenvalue weighted by Crippen LogP contribution is 2.22. The van der Waals surface area contributed by atoms with E-state index in [1.54, 1.807) is 7.11 Å². The standard InChI is InChI=1S/C24H33N3O3.HI/c1-4-25-24(26-15-19-8-5-6-10-22(19)28-3)27-16-20-12-11-18(2)14-23(20)30-17-21-9-7-13-29-21;/h5-6,8,10-12,14,21H,4,7,9,13,15-17H2,1-3H3,(H2,25,26,27);1H. The molecule has 1 saturated heterocycles. The maximum Gasteiger partial charge on any atom is 0.191 e. The van der Waals surface area contributed by atoms with Crippen LogP contribution in [-0.4, -0.2) is 38.9 Å². The van der Waals surface area contributed by atoms with Crippen LogP contribution in [0.1, 0.15) is 36.5 Å². The zero-order valence-electron chi connectivity index (χ0n) is 18.6. The van der Waals surface area contributed by atoms with Crippen LogP contribution in [0.25, 0.3) is 0 Å². The van der Waals surface area contributed by atoms with Crippen LogP contribution in [0.2, 0.25) is 0 Å². The summed E-state index contributed by atoms with van der Waals surface area (Å²) in [7, 11) is 1.68. The van der Waals surface area contributed by atoms with E-state index in [1.807, 2.05) is 24.3 Å². The molecule has 3 rings (SSSR count). The van der Waals surface area contributed by atoms with E-state index in [0.717, 1.165) is 54.6 Å². The Bertz CT molecular complexity index is 839. The fourth-order valence-corrected chi connectivity index (χ4v) is 3.42. The Morgan fingerprint density at radius 3 is 2.71 bits per heavy atom. The number of nitrogens with one attached hydrogen (secondary N) is 2. The number of methoxy groups -OCH3 is 1. The number of para-hydroxylation sites is 1. The Balaban J connectivity index is 0.00000341. The van der Waals surface area contributed by atoms with Crippen molar-refractivity contribution in [2.24, 2.45) is 4.99 Å². The molecule has 1 aliphatic rings. The molecular weight excluding hydrogens is 505 g/mol. The van der Waals surface area contributed by atoms with Crippen molar-refractivity contribution < 1.29 is 14.2 Å². The third-order valence-electron chi connectivity index (χ3n) is 5.06. The van der Waals surface area contributed by atoms with Gasteiger partial charge in [-0.3, -0.25) is 0 Å². The normalized spacial score (nSPS) is 15.8. The summed E-state index contributed by atoms with van der Waals surface area (Å²) in [5.74, 6) is 2.51. The van der Waals surface area contributed by atoms with E-state index in [4.69, 9.17) is 19.2 Å². The quantitative estimate of drug-likeness (QED) is 0.281. The number of ether oxygens (including phenoxy) is 3. The summed E-state index contributed by atoms with van der Waals surface area (Å²) in [5, 5.41) is 6.72. The summed E-state index contributed by atoms with van der Waals surface area (Å²) in [4.78, 5) is 4.72. The second kappa shape index (κ2) is 13.4. The lowest BCUT2D eigenvalue weighted by Gasteiger charge is -2.17. The van der Waals surface area contributed by atoms with Crippen LogP contribution in [0.15, 0.2) is 47.5 Å². The van der Waals surface area contributed by atoms with Crippen molar-refractivity contribution in [3.05, 3.63) is 59.2 Å². The lowest BCUT2D eigenvalue weighted by atomic mass is 10.1. The monoisotopic (exact) mass is 539 g/mol. The molecule has 0 aliphatic carbocycles. The van der Waals surface area contributed by atoms with Gasteiger partial charge in [0.25, 0.3) is 0 Å². The molecule has 6 nitrogen and oxygen atoms in total. The molecule has 170 valence electrons. The molecule has 31 heavy (non-hydrogen) atoms. The molecule has 0 amide bonds. The van der Waals surface area contributed by atoms with Crippen molar-refractivity contribution in [3.63, 3.8) is 0 Å². The Kier molecular flexibility index (Phi) is 10.9. The Hall–Kier alpha value is -2.00. The van der Waals surface area contributed by atoms with E-state index in [9.17, 15) is 0 Å². The Morgan fingerprint density at radius 1 is 1.13 bits per heavy atom. The number of nitrogens with zero attached hydrogens (tertiary/aromatic N) is 1. The SMILES string of the molecule is CCNC(=NCc1ccccc1OC)NCc1ccc(C)cc1OCC1CCCO1.I. The van der Waals surface area contributed by atoms with Gasteiger partial charge >= 0.3 is 0 Å². The third-order valence-corrected chi connectivity index (χ3v) is 5.06. The van der Waals surface area contributed by atoms with Crippen molar-refractivity contribution in [1.29, 1.82) is 0 Å². The molecule has 1 fully saturated rings. The van der Waals surface area contributed by atoms with Gasteiger partial charge in [-0.25, -0.2) is 4.99 Å². The van der Waals surface area contributed by atoms with Gasteiger partial charge in [-0.2, -0.15) is 0 Å². The van der Waals surface area contributed by atoms with Crippen LogP contribution in [0.3, 0.4) is 0 Å². The fraction of sp³-hybridized carbons (Fsp3) is 0.458. The highest BCUT2D eigenvalue weighted by molar-refractivity contribution is 14.0. The highest BCUT2D eigenvalue weighted by atomic mass is 127. The van der Waals surface area contributed by atoms with E-state index in [-0.39, 0.29) is 30.1 Å². The first-order chi connectivity index (χ1) is 14.7. The molecule has 0 aromatic heterocycles. The van der Waals surface area contributed by atoms with E-state index in [1.165, 1.54) is 5.56 Å². The van der Waals surface area contributed by atoms with Crippen LogP contribution >= 0.6 is 24.0 Å². The van der Waals surface area contributed by atoms with Gasteiger partial charge in [0.15, 0.2) is 5.96 Å². The van der Waals surface area contributed by atoms with E-state index in [0.29, 0.717) is 19.7 Å². The number of rotatable bonds is 9. The van der Waals surface area contributed by atoms with Crippen molar-refractivity contribution in [1.82, 2.24) is 10.6 Å². The molecule has 0 saturated carbocycles. The maximum absolute atomic E-state index is 6.11. The van der Waals surface area contributed by atoms with Gasteiger partial charge in [0.1, 0.15) is 18.1 Å². The number of hydrogen-bond acceptors (Lipinski definition) is 4. The smallest absolute Gasteiger partial charge is 0.191 e. The number of hydrogen-bond donors (Lipinski definition) is 2. The highest BCUT2D eigenvalue weighted by Gasteiger charge is 2.17. The zero-order valence-corrected chi connectivity index (χ0v) is 21.0. The number of guanidine groups is 1. The first-order valence-electron chi connectivity index (χ1n) is 10.7. The first kappa shape index (κ1) is 25.3. The van der Waals surface area contributed by atoms with Crippen LogP contribution in [0, 0.1) is 6.92 Å². The molecule has 0 radical (unpaired) electrons. The third kappa shape index (κ3) is 7.88. The minimum absolute atomic E-state index is 0. The van der Waals surface area contributed by atoms with Crippen LogP contribution in [-0.2, 0) is 17.8 Å². The predicted molar refractivity (Wildman–Crippen MR) is 136 cm³/mol. The Morgan fingerprint density at radius 2 is 1.97 bits per heavy atom. The molecule has 2 aromatic rings. The number of benzene rings is 2. The van der Waals surface area contributed by atoms with Gasteiger partial charge in [-0.15, -0.1) is 24.0 Å². The summed E-state index contributed by atoms with van der Waals surface area (Å²) < 4.78 is 17.2. The topological polar surface area (TPSA) is 64.1 Å². The number of aliphatic imine (C=N–C) groups is 1. The molecular formula is C24H34IN3O3. The zero-order chi connectivity index (χ0) is 21.2. The number of aryl methyl sites for hydroxylation is 1. The molecule has 1 aliphatic heterocycles. The van der Waals surface area contributed by atoms with Gasteiger partial charge in [-0.05, 0) is 44.4 Å². The minimum atomic E-state index is 0. The maximum atomic E-state index is 6.11. The summed E-state index contributed by atoms with van der Waals surface area (Å²) in [6, 6.07) is 14.2. The van der Waals surface area contributed by atoms with E-state index in [2.05, 4.69) is 42.7 Å². The van der Waals surface area contributed by atoms with Crippen molar-refractivity contribution >= 4 is 29.9 Å². The van der Waals surface area contributed by atoms with Crippen LogP contribution in [0.4, 0.5) is 0 Å². The molecule has 2 N–H and O–H groups in total. The van der Waals surface area contributed by atoms with Crippen molar-refractivity contribution in [2.45, 2.75) is 45.9 Å². The summed E-state index contributed by atoms with van der Waals surface area (Å²) in [5.41, 5.74) is 3.33. The summed E-state index contributed by atoms with van der Waals surface area (Å²) in [6.07, 6.45) is 2.39. The summed E-state index contributed by atoms with van der Waals surface area (Å²) >= 11 is 0. The van der Waals surface area contributed by atoms with E-state index >= 15 is 0 Å². The van der Waals surface area contributed by atoms with Gasteiger partial charge in [0.05, 0.1) is 19.8 Å². The minimum Gasteiger partial charge on any atom is -0.496 e. The van der Waals surface area contributed by atoms with Gasteiger partial charge < -0.3 is 24.8 Å². The molecule has 7 heteroatoms. The molecule has 0 spiro atoms. The van der Waals surface area contributed by atoms with Gasteiger partial charge in [0, 0.05) is 30.8 Å². The first-order valence-corrected chi connectivity index (χ1v) is 10.7. The van der Waals surface area contributed by atoms with Gasteiger partial charge in [-0.1, -0.05) is 30.3 Å². The second-order valence-electron chi connectivity index (χ2n) is 7.42. The lowest BCUT2D eigenvalue weighted by molar-refractivity contribution is 0.0676. The van der Waals surface area contributed by atoms with Crippen LogP contribution in [0.5, 0.6) is 11.5 Å². The molecule has 2 aromatic carbocycles.